The lowest BCUT2D eigenvalue weighted by Crippen LogP contribution is -2.33. The van der Waals surface area contributed by atoms with Gasteiger partial charge in [0.1, 0.15) is 11.6 Å². The summed E-state index contributed by atoms with van der Waals surface area (Å²) >= 11 is 3.30. The summed E-state index contributed by atoms with van der Waals surface area (Å²) in [4.78, 5) is 30.4. The van der Waals surface area contributed by atoms with Crippen LogP contribution >= 0.6 is 15.9 Å². The Balaban J connectivity index is 1.95. The van der Waals surface area contributed by atoms with Crippen molar-refractivity contribution in [3.05, 3.63) is 46.6 Å². The highest BCUT2D eigenvalue weighted by Crippen LogP contribution is 2.20. The average Bonchev–Trinajstić information content (AvgIpc) is 2.61. The molecule has 2 rings (SSSR count). The number of pyridine rings is 1. The van der Waals surface area contributed by atoms with Crippen molar-refractivity contribution in [2.45, 2.75) is 6.92 Å². The highest BCUT2D eigenvalue weighted by molar-refractivity contribution is 9.10. The number of anilines is 2. The number of hydrogen-bond donors (Lipinski definition) is 2. The van der Waals surface area contributed by atoms with E-state index in [1.807, 2.05) is 6.92 Å². The van der Waals surface area contributed by atoms with Gasteiger partial charge in [-0.25, -0.2) is 4.98 Å². The van der Waals surface area contributed by atoms with E-state index in [1.54, 1.807) is 55.5 Å². The maximum atomic E-state index is 12.4. The third-order valence-corrected chi connectivity index (χ3v) is 3.79. The quantitative estimate of drug-likeness (QED) is 0.719. The highest BCUT2D eigenvalue weighted by atomic mass is 79.9. The van der Waals surface area contributed by atoms with Crippen LogP contribution in [0.25, 0.3) is 0 Å². The van der Waals surface area contributed by atoms with Crippen molar-refractivity contribution in [1.82, 2.24) is 10.3 Å². The summed E-state index contributed by atoms with van der Waals surface area (Å²) in [6.45, 7) is 2.34. The Morgan fingerprint density at radius 2 is 1.92 bits per heavy atom. The van der Waals surface area contributed by atoms with Gasteiger partial charge in [-0.2, -0.15) is 0 Å². The van der Waals surface area contributed by atoms with Gasteiger partial charge in [0, 0.05) is 30.5 Å². The summed E-state index contributed by atoms with van der Waals surface area (Å²) in [5.74, 6) is 0.566. The van der Waals surface area contributed by atoms with Gasteiger partial charge in [-0.3, -0.25) is 9.59 Å². The van der Waals surface area contributed by atoms with Crippen LogP contribution in [0.2, 0.25) is 0 Å². The first-order chi connectivity index (χ1) is 12.4. The summed E-state index contributed by atoms with van der Waals surface area (Å²) < 4.78 is 6.04. The lowest BCUT2D eigenvalue weighted by molar-refractivity contribution is -0.115. The van der Waals surface area contributed by atoms with Crippen LogP contribution in [0, 0.1) is 0 Å². The van der Waals surface area contributed by atoms with Gasteiger partial charge in [0.2, 0.25) is 5.91 Å². The third kappa shape index (κ3) is 5.45. The molecule has 0 spiro atoms. The fourth-order valence-electron chi connectivity index (χ4n) is 2.22. The van der Waals surface area contributed by atoms with Gasteiger partial charge in [-0.15, -0.1) is 0 Å². The highest BCUT2D eigenvalue weighted by Gasteiger charge is 2.16. The minimum atomic E-state index is -0.371. The number of amides is 2. The van der Waals surface area contributed by atoms with Crippen molar-refractivity contribution >= 4 is 39.2 Å². The predicted octanol–water partition coefficient (Wildman–Crippen LogP) is 2.68. The van der Waals surface area contributed by atoms with Crippen LogP contribution in [-0.2, 0) is 4.79 Å². The maximum Gasteiger partial charge on any atom is 0.255 e. The van der Waals surface area contributed by atoms with Gasteiger partial charge in [-0.05, 0) is 53.2 Å². The minimum absolute atomic E-state index is 0.147. The summed E-state index contributed by atoms with van der Waals surface area (Å²) in [5.41, 5.74) is 1.02. The first-order valence-electron chi connectivity index (χ1n) is 8.04. The number of aromatic nitrogens is 1. The second-order valence-electron chi connectivity index (χ2n) is 5.61. The maximum absolute atomic E-state index is 12.4. The van der Waals surface area contributed by atoms with E-state index in [0.717, 1.165) is 5.75 Å². The third-order valence-electron chi connectivity index (χ3n) is 3.36. The molecule has 0 aliphatic carbocycles. The monoisotopic (exact) mass is 420 g/mol. The average molecular weight is 421 g/mol. The molecule has 7 nitrogen and oxygen atoms in total. The van der Waals surface area contributed by atoms with Gasteiger partial charge >= 0.3 is 0 Å². The van der Waals surface area contributed by atoms with Crippen molar-refractivity contribution in [2.24, 2.45) is 0 Å². The number of nitrogens with zero attached hydrogens (tertiary/aromatic N) is 2. The van der Waals surface area contributed by atoms with E-state index in [9.17, 15) is 9.59 Å². The van der Waals surface area contributed by atoms with Crippen molar-refractivity contribution in [1.29, 1.82) is 0 Å². The number of rotatable bonds is 7. The molecule has 2 amide bonds. The molecule has 138 valence electrons. The van der Waals surface area contributed by atoms with Gasteiger partial charge in [0.15, 0.2) is 0 Å². The Kier molecular flexibility index (Phi) is 6.97. The van der Waals surface area contributed by atoms with Gasteiger partial charge in [0.05, 0.1) is 18.7 Å². The standard InChI is InChI=1S/C18H21BrN4O3/c1-4-26-14-7-5-13(6-8-14)22-16(24)11-21-18(25)15-9-12(19)10-20-17(15)23(2)3/h5-10H,4,11H2,1-3H3,(H,21,25)(H,22,24). The normalized spacial score (nSPS) is 10.2. The molecule has 1 aromatic heterocycles. The van der Waals surface area contributed by atoms with Crippen molar-refractivity contribution in [3.63, 3.8) is 0 Å². The molecule has 0 saturated heterocycles. The molecular weight excluding hydrogens is 400 g/mol. The molecule has 0 aliphatic rings. The first-order valence-corrected chi connectivity index (χ1v) is 8.83. The van der Waals surface area contributed by atoms with E-state index >= 15 is 0 Å². The minimum Gasteiger partial charge on any atom is -0.494 e. The van der Waals surface area contributed by atoms with Gasteiger partial charge < -0.3 is 20.3 Å². The Hall–Kier alpha value is -2.61. The molecule has 26 heavy (non-hydrogen) atoms. The lowest BCUT2D eigenvalue weighted by Gasteiger charge is -2.16. The van der Waals surface area contributed by atoms with E-state index in [2.05, 4.69) is 31.5 Å². The SMILES string of the molecule is CCOc1ccc(NC(=O)CNC(=O)c2cc(Br)cnc2N(C)C)cc1. The fraction of sp³-hybridized carbons (Fsp3) is 0.278. The zero-order chi connectivity index (χ0) is 19.1. The second kappa shape index (κ2) is 9.19. The van der Waals surface area contributed by atoms with E-state index in [0.29, 0.717) is 28.1 Å². The number of halogens is 1. The molecule has 0 unspecified atom stereocenters. The largest absolute Gasteiger partial charge is 0.494 e. The number of benzene rings is 1. The summed E-state index contributed by atoms with van der Waals surface area (Å²) in [7, 11) is 3.59. The van der Waals surface area contributed by atoms with Crippen LogP contribution in [0.4, 0.5) is 11.5 Å². The molecule has 2 N–H and O–H groups in total. The van der Waals surface area contributed by atoms with Crippen LogP contribution in [-0.4, -0.2) is 44.0 Å². The van der Waals surface area contributed by atoms with Crippen LogP contribution < -0.4 is 20.3 Å². The first kappa shape index (κ1) is 19.7. The lowest BCUT2D eigenvalue weighted by atomic mass is 10.2. The Labute approximate surface area is 160 Å². The topological polar surface area (TPSA) is 83.6 Å². The van der Waals surface area contributed by atoms with Crippen molar-refractivity contribution in [2.75, 3.05) is 37.5 Å². The predicted molar refractivity (Wildman–Crippen MR) is 105 cm³/mol. The number of hydrogen-bond acceptors (Lipinski definition) is 5. The molecule has 8 heteroatoms. The number of nitrogens with one attached hydrogen (secondary N) is 2. The smallest absolute Gasteiger partial charge is 0.255 e. The van der Waals surface area contributed by atoms with E-state index in [4.69, 9.17) is 4.74 Å². The summed E-state index contributed by atoms with van der Waals surface area (Å²) in [5, 5.41) is 5.33. The van der Waals surface area contributed by atoms with Gasteiger partial charge in [-0.1, -0.05) is 0 Å². The number of carbonyl (C=O) groups excluding carboxylic acids is 2. The Morgan fingerprint density at radius 3 is 2.54 bits per heavy atom. The molecule has 0 saturated carbocycles. The Bertz CT molecular complexity index is 779. The van der Waals surface area contributed by atoms with Crippen LogP contribution in [0.1, 0.15) is 17.3 Å². The molecule has 0 aliphatic heterocycles. The van der Waals surface area contributed by atoms with Crippen LogP contribution in [0.15, 0.2) is 41.0 Å². The molecule has 1 aromatic carbocycles. The van der Waals surface area contributed by atoms with E-state index in [-0.39, 0.29) is 18.4 Å². The number of ether oxygens (including phenoxy) is 1. The fourth-order valence-corrected chi connectivity index (χ4v) is 2.55. The molecule has 0 fully saturated rings. The van der Waals surface area contributed by atoms with Crippen LogP contribution in [0.5, 0.6) is 5.75 Å². The molecule has 1 heterocycles. The van der Waals surface area contributed by atoms with Gasteiger partial charge in [0.25, 0.3) is 5.91 Å². The van der Waals surface area contributed by atoms with E-state index in [1.165, 1.54) is 0 Å². The Morgan fingerprint density at radius 1 is 1.23 bits per heavy atom. The van der Waals surface area contributed by atoms with Crippen molar-refractivity contribution in [3.8, 4) is 5.75 Å². The molecule has 0 atom stereocenters. The molecule has 2 aromatic rings. The zero-order valence-electron chi connectivity index (χ0n) is 14.9. The summed E-state index contributed by atoms with van der Waals surface area (Å²) in [6.07, 6.45) is 1.62. The van der Waals surface area contributed by atoms with Crippen LogP contribution in [0.3, 0.4) is 0 Å². The van der Waals surface area contributed by atoms with E-state index < -0.39 is 0 Å². The zero-order valence-corrected chi connectivity index (χ0v) is 16.5. The molecular formula is C18H21BrN4O3. The number of carbonyl (C=O) groups is 2. The molecule has 0 bridgehead atoms. The molecule has 0 radical (unpaired) electrons. The van der Waals surface area contributed by atoms with Crippen molar-refractivity contribution < 1.29 is 14.3 Å². The summed E-state index contributed by atoms with van der Waals surface area (Å²) in [6, 6.07) is 8.70. The second-order valence-corrected chi connectivity index (χ2v) is 6.52.